The zero-order valence-corrected chi connectivity index (χ0v) is 15.0. The van der Waals surface area contributed by atoms with Gasteiger partial charge in [0.2, 0.25) is 0 Å². The van der Waals surface area contributed by atoms with E-state index < -0.39 is 74.8 Å². The van der Waals surface area contributed by atoms with Crippen molar-refractivity contribution in [3.05, 3.63) is 114 Å². The van der Waals surface area contributed by atoms with Crippen molar-refractivity contribution in [3.63, 3.8) is 0 Å². The Bertz CT molecular complexity index is 1220. The largest absolute Gasteiger partial charge is 0.567 e. The van der Waals surface area contributed by atoms with Crippen molar-refractivity contribution in [1.82, 2.24) is 0 Å². The van der Waals surface area contributed by atoms with Gasteiger partial charge in [-0.2, -0.15) is 0 Å². The van der Waals surface area contributed by atoms with Gasteiger partial charge >= 0.3 is 28.6 Å². The molecule has 0 bridgehead atoms. The van der Waals surface area contributed by atoms with Crippen LogP contribution in [0.5, 0.6) is 0 Å². The molecule has 0 unspecified atom stereocenters. The first-order chi connectivity index (χ1) is 14.9. The molecular weight excluding hydrogens is 444 g/mol. The first kappa shape index (κ1) is 22.9. The number of nitrogens with zero attached hydrogens (tertiary/aromatic N) is 6. The number of nitro groups is 6. The Morgan fingerprint density at radius 2 is 1.06 bits per heavy atom. The quantitative estimate of drug-likeness (QED) is 0.415. The smallest absolute Gasteiger partial charge is 0.258 e. The summed E-state index contributed by atoms with van der Waals surface area (Å²) in [5.41, 5.74) is -10.2. The normalized spacial score (nSPS) is 10.1. The summed E-state index contributed by atoms with van der Waals surface area (Å²) in [7, 11) is 0. The third-order valence-corrected chi connectivity index (χ3v) is 3.87. The van der Waals surface area contributed by atoms with Gasteiger partial charge < -0.3 is 0 Å². The van der Waals surface area contributed by atoms with Crippen LogP contribution in [0.15, 0.2) is 42.2 Å². The molecule has 0 heterocycles. The molecule has 0 aromatic heterocycles. The Morgan fingerprint density at radius 3 is 1.44 bits per heavy atom. The van der Waals surface area contributed by atoms with Crippen molar-refractivity contribution in [2.75, 3.05) is 0 Å². The Hall–Kier alpha value is -5.42. The van der Waals surface area contributed by atoms with Gasteiger partial charge in [-0.3, -0.25) is 60.7 Å². The summed E-state index contributed by atoms with van der Waals surface area (Å²) in [4.78, 5) is 59.1. The summed E-state index contributed by atoms with van der Waals surface area (Å²) in [5, 5.41) is 68.5. The van der Waals surface area contributed by atoms with Gasteiger partial charge in [0.1, 0.15) is 9.85 Å². The molecule has 18 heteroatoms. The second kappa shape index (κ2) is 8.52. The van der Waals surface area contributed by atoms with E-state index in [0.29, 0.717) is 0 Å². The number of hydrogen-bond acceptors (Lipinski definition) is 12. The fraction of sp³-hybridized carbons (Fsp3) is 0. The topological polar surface area (TPSA) is 259 Å². The van der Waals surface area contributed by atoms with E-state index in [2.05, 4.69) is 0 Å². The summed E-state index contributed by atoms with van der Waals surface area (Å²) in [6, 6.07) is 5.85. The van der Waals surface area contributed by atoms with Crippen molar-refractivity contribution in [1.29, 1.82) is 0 Å². The molecule has 0 saturated heterocycles. The van der Waals surface area contributed by atoms with Crippen LogP contribution in [0.4, 0.5) is 22.7 Å². The lowest BCUT2D eigenvalue weighted by atomic mass is 9.94. The molecule has 0 radical (unpaired) electrons. The van der Waals surface area contributed by atoms with Crippen molar-refractivity contribution in [3.8, 4) is 0 Å². The van der Waals surface area contributed by atoms with E-state index in [0.717, 1.165) is 12.1 Å². The van der Waals surface area contributed by atoms with Crippen molar-refractivity contribution < 1.29 is 29.5 Å². The lowest BCUT2D eigenvalue weighted by molar-refractivity contribution is -0.614. The molecule has 32 heavy (non-hydrogen) atoms. The average Bonchev–Trinajstić information content (AvgIpc) is 2.69. The Labute approximate surface area is 172 Å². The predicted molar refractivity (Wildman–Crippen MR) is 99.5 cm³/mol. The molecule has 0 fully saturated rings. The van der Waals surface area contributed by atoms with Crippen LogP contribution >= 0.6 is 0 Å². The van der Waals surface area contributed by atoms with E-state index >= 15 is 0 Å². The molecule has 0 aliphatic carbocycles. The zero-order valence-electron chi connectivity index (χ0n) is 15.0. The summed E-state index contributed by atoms with van der Waals surface area (Å²) in [6.45, 7) is 0. The molecule has 18 nitrogen and oxygen atoms in total. The van der Waals surface area contributed by atoms with Gasteiger partial charge in [0.15, 0.2) is 5.57 Å². The lowest BCUT2D eigenvalue weighted by Gasteiger charge is -2.07. The average molecular weight is 450 g/mol. The Kier molecular flexibility index (Phi) is 6.09. The second-order valence-electron chi connectivity index (χ2n) is 5.60. The molecule has 2 aromatic carbocycles. The highest BCUT2D eigenvalue weighted by Gasteiger charge is 2.49. The summed E-state index contributed by atoms with van der Waals surface area (Å²) >= 11 is 0. The van der Waals surface area contributed by atoms with Crippen LogP contribution in [0.1, 0.15) is 11.1 Å². The molecular formula is C14H6N6O12. The van der Waals surface area contributed by atoms with Gasteiger partial charge in [0.05, 0.1) is 25.3 Å². The molecule has 0 N–H and O–H groups in total. The van der Waals surface area contributed by atoms with Gasteiger partial charge in [0.25, 0.3) is 0 Å². The van der Waals surface area contributed by atoms with E-state index in [1.807, 2.05) is 0 Å². The lowest BCUT2D eigenvalue weighted by Crippen LogP contribution is -2.15. The van der Waals surface area contributed by atoms with Crippen molar-refractivity contribution in [2.24, 2.45) is 0 Å². The highest BCUT2D eigenvalue weighted by molar-refractivity contribution is 5.92. The maximum Gasteiger partial charge on any atom is 0.567 e. The molecule has 0 amide bonds. The van der Waals surface area contributed by atoms with E-state index in [9.17, 15) is 60.7 Å². The zero-order chi connectivity index (χ0) is 24.3. The maximum absolute atomic E-state index is 11.6. The third kappa shape index (κ3) is 3.98. The maximum atomic E-state index is 11.6. The SMILES string of the molecule is O=[N+]([O-])C(=C(c1ccccc1)c1cc([N+](=O)[O-])c([N+](=O)[O-])c([N+](=O)[O-])c1[N+](=O)[O-])[N+](=O)[O-]. The van der Waals surface area contributed by atoms with Gasteiger partial charge in [-0.05, 0) is 5.56 Å². The molecule has 2 rings (SSSR count). The van der Waals surface area contributed by atoms with Crippen LogP contribution in [0.2, 0.25) is 0 Å². The summed E-state index contributed by atoms with van der Waals surface area (Å²) in [6.07, 6.45) is 0. The van der Waals surface area contributed by atoms with E-state index in [4.69, 9.17) is 0 Å². The van der Waals surface area contributed by atoms with Gasteiger partial charge in [-0.15, -0.1) is 0 Å². The molecule has 164 valence electrons. The molecule has 0 aliphatic rings. The monoisotopic (exact) mass is 450 g/mol. The molecule has 0 aliphatic heterocycles. The molecule has 2 aromatic rings. The van der Waals surface area contributed by atoms with E-state index in [1.165, 1.54) is 18.2 Å². The minimum Gasteiger partial charge on any atom is -0.258 e. The van der Waals surface area contributed by atoms with Crippen molar-refractivity contribution in [2.45, 2.75) is 0 Å². The van der Waals surface area contributed by atoms with Crippen LogP contribution in [0.3, 0.4) is 0 Å². The van der Waals surface area contributed by atoms with E-state index in [-0.39, 0.29) is 6.07 Å². The number of nitro benzene ring substituents is 4. The van der Waals surface area contributed by atoms with Crippen LogP contribution < -0.4 is 0 Å². The highest BCUT2D eigenvalue weighted by atomic mass is 16.7. The minimum absolute atomic E-state index is 0.0819. The van der Waals surface area contributed by atoms with E-state index in [1.54, 1.807) is 0 Å². The standard InChI is InChI=1S/C14H6N6O12/c21-15(22)9-6-8(11(16(23)24)13(18(27)28)12(9)17(25)26)10(7-4-2-1-3-5-7)14(19(29)30)20(31)32/h1-6H. The second-order valence-corrected chi connectivity index (χ2v) is 5.60. The highest BCUT2D eigenvalue weighted by Crippen LogP contribution is 2.48. The van der Waals surface area contributed by atoms with Crippen LogP contribution in [0, 0.1) is 60.7 Å². The first-order valence-corrected chi connectivity index (χ1v) is 7.77. The van der Waals surface area contributed by atoms with Crippen molar-refractivity contribution >= 4 is 28.3 Å². The first-order valence-electron chi connectivity index (χ1n) is 7.77. The van der Waals surface area contributed by atoms with Crippen LogP contribution in [-0.4, -0.2) is 29.5 Å². The summed E-state index contributed by atoms with van der Waals surface area (Å²) in [5.74, 6) is -1.91. The van der Waals surface area contributed by atoms with Gasteiger partial charge in [0, 0.05) is 6.07 Å². The van der Waals surface area contributed by atoms with Gasteiger partial charge in [-0.25, -0.2) is 0 Å². The fourth-order valence-corrected chi connectivity index (χ4v) is 2.76. The third-order valence-electron chi connectivity index (χ3n) is 3.87. The van der Waals surface area contributed by atoms with Crippen LogP contribution in [0.25, 0.3) is 5.57 Å². The predicted octanol–water partition coefficient (Wildman–Crippen LogP) is 2.59. The number of hydrogen-bond donors (Lipinski definition) is 0. The molecule has 0 saturated carbocycles. The molecule has 0 spiro atoms. The van der Waals surface area contributed by atoms with Crippen LogP contribution in [-0.2, 0) is 0 Å². The molecule has 0 atom stereocenters. The number of rotatable bonds is 8. The summed E-state index contributed by atoms with van der Waals surface area (Å²) < 4.78 is 0. The number of benzene rings is 2. The van der Waals surface area contributed by atoms with Gasteiger partial charge in [-0.1, -0.05) is 30.3 Å². The minimum atomic E-state index is -1.97. The Morgan fingerprint density at radius 1 is 0.594 bits per heavy atom. The fourth-order valence-electron chi connectivity index (χ4n) is 2.76. The Balaban J connectivity index is 3.33.